The Hall–Kier alpha value is -1.86. The van der Waals surface area contributed by atoms with Crippen LogP contribution in [0.3, 0.4) is 0 Å². The number of hydrogen-bond acceptors (Lipinski definition) is 6. The van der Waals surface area contributed by atoms with E-state index < -0.39 is 5.97 Å². The molecule has 0 aliphatic carbocycles. The Labute approximate surface area is 184 Å². The Morgan fingerprint density at radius 3 is 1.96 bits per heavy atom. The second kappa shape index (κ2) is 9.90. The maximum absolute atomic E-state index is 10.8. The van der Waals surface area contributed by atoms with Crippen molar-refractivity contribution < 1.29 is 48.9 Å². The Kier molecular flexibility index (Phi) is 7.86. The minimum absolute atomic E-state index is 0. The van der Waals surface area contributed by atoms with E-state index in [1.165, 1.54) is 11.3 Å². The van der Waals surface area contributed by atoms with Gasteiger partial charge in [-0.3, -0.25) is 0 Å². The van der Waals surface area contributed by atoms with Gasteiger partial charge in [-0.05, 0) is 60.5 Å². The summed E-state index contributed by atoms with van der Waals surface area (Å²) in [5.41, 5.74) is 2.79. The van der Waals surface area contributed by atoms with Gasteiger partial charge in [-0.2, -0.15) is 0 Å². The van der Waals surface area contributed by atoms with E-state index in [-0.39, 0.29) is 36.0 Å². The van der Waals surface area contributed by atoms with Crippen LogP contribution in [-0.4, -0.2) is 25.2 Å². The van der Waals surface area contributed by atoms with Gasteiger partial charge in [-0.15, -0.1) is 11.3 Å². The van der Waals surface area contributed by atoms with Gasteiger partial charge < -0.3 is 19.4 Å². The number of carbonyl (C=O) groups is 1. The van der Waals surface area contributed by atoms with Gasteiger partial charge in [0, 0.05) is 18.0 Å². The van der Waals surface area contributed by atoms with Crippen LogP contribution in [0, 0.1) is 0 Å². The first-order chi connectivity index (χ1) is 12.6. The number of hydrogen-bond donors (Lipinski definition) is 0. The van der Waals surface area contributed by atoms with Crippen molar-refractivity contribution in [3.63, 3.8) is 0 Å². The first-order valence-corrected chi connectivity index (χ1v) is 8.90. The van der Waals surface area contributed by atoms with E-state index in [2.05, 4.69) is 4.98 Å². The number of methoxy groups -OCH3 is 2. The maximum atomic E-state index is 10.8. The molecule has 0 N–H and O–H groups in total. The number of rotatable bonds is 7. The number of nitrogens with zero attached hydrogens (tertiary/aromatic N) is 1. The Morgan fingerprint density at radius 1 is 0.963 bits per heavy atom. The molecule has 0 unspecified atom stereocenters. The topological polar surface area (TPSA) is 71.5 Å². The molecule has 0 atom stereocenters. The number of aliphatic carboxylic acids is 1. The third kappa shape index (κ3) is 5.32. The summed E-state index contributed by atoms with van der Waals surface area (Å²) in [4.78, 5) is 16.5. The summed E-state index contributed by atoms with van der Waals surface area (Å²) in [6, 6.07) is 15.4. The molecule has 0 aliphatic rings. The van der Waals surface area contributed by atoms with E-state index in [0.717, 1.165) is 38.2 Å². The van der Waals surface area contributed by atoms with Crippen LogP contribution in [0.25, 0.3) is 21.7 Å². The summed E-state index contributed by atoms with van der Waals surface area (Å²) in [6.45, 7) is 0. The van der Waals surface area contributed by atoms with Crippen molar-refractivity contribution in [3.8, 4) is 33.2 Å². The number of thiazole rings is 1. The van der Waals surface area contributed by atoms with Crippen LogP contribution in [0.2, 0.25) is 0 Å². The Morgan fingerprint density at radius 2 is 1.48 bits per heavy atom. The number of aryl methyl sites for hydroxylation is 1. The standard InChI is InChI=1S/C20H19NO4S.Na/c1-24-15-7-3-13(4-8-15)19-20(14-5-9-16(25-2)10-6-14)26-17(21-19)11-12-18(22)23;/h3-10H,11-12H2,1-2H3,(H,22,23);/q;+1/p-1. The van der Waals surface area contributed by atoms with E-state index in [1.54, 1.807) is 14.2 Å². The molecule has 0 radical (unpaired) electrons. The van der Waals surface area contributed by atoms with E-state index in [4.69, 9.17) is 9.47 Å². The molecule has 3 aromatic rings. The summed E-state index contributed by atoms with van der Waals surface area (Å²) in [5.74, 6) is 0.478. The number of aromatic nitrogens is 1. The third-order valence-corrected chi connectivity index (χ3v) is 5.09. The molecule has 0 saturated carbocycles. The minimum Gasteiger partial charge on any atom is -0.550 e. The van der Waals surface area contributed by atoms with Crippen LogP contribution in [0.1, 0.15) is 11.4 Å². The number of carbonyl (C=O) groups excluding carboxylic acids is 1. The molecule has 0 aliphatic heterocycles. The normalized spacial score (nSPS) is 10.1. The number of benzene rings is 2. The summed E-state index contributed by atoms with van der Waals surface area (Å²) in [5, 5.41) is 11.6. The van der Waals surface area contributed by atoms with E-state index in [0.29, 0.717) is 6.42 Å². The zero-order valence-electron chi connectivity index (χ0n) is 15.5. The molecule has 0 fully saturated rings. The minimum atomic E-state index is -1.07. The number of carboxylic acids is 1. The van der Waals surface area contributed by atoms with Crippen molar-refractivity contribution in [1.29, 1.82) is 0 Å². The van der Waals surface area contributed by atoms with Gasteiger partial charge in [-0.25, -0.2) is 4.98 Å². The molecule has 7 heteroatoms. The van der Waals surface area contributed by atoms with Crippen LogP contribution in [-0.2, 0) is 11.2 Å². The van der Waals surface area contributed by atoms with Crippen molar-refractivity contribution in [2.75, 3.05) is 14.2 Å². The second-order valence-electron chi connectivity index (χ2n) is 5.61. The smallest absolute Gasteiger partial charge is 0.550 e. The van der Waals surface area contributed by atoms with Crippen LogP contribution < -0.4 is 44.1 Å². The van der Waals surface area contributed by atoms with Gasteiger partial charge in [0.2, 0.25) is 0 Å². The van der Waals surface area contributed by atoms with Crippen molar-refractivity contribution in [1.82, 2.24) is 4.98 Å². The van der Waals surface area contributed by atoms with Gasteiger partial charge in [0.15, 0.2) is 0 Å². The molecule has 2 aromatic carbocycles. The second-order valence-corrected chi connectivity index (χ2v) is 6.70. The average molecular weight is 391 g/mol. The van der Waals surface area contributed by atoms with Crippen LogP contribution in [0.5, 0.6) is 11.5 Å². The molecule has 0 bridgehead atoms. The fourth-order valence-corrected chi connectivity index (χ4v) is 3.65. The maximum Gasteiger partial charge on any atom is 1.00 e. The van der Waals surface area contributed by atoms with Crippen molar-refractivity contribution in [3.05, 3.63) is 53.5 Å². The van der Waals surface area contributed by atoms with Crippen molar-refractivity contribution in [2.24, 2.45) is 0 Å². The fourth-order valence-electron chi connectivity index (χ4n) is 2.56. The molecule has 0 spiro atoms. The molecule has 1 heterocycles. The molecular weight excluding hydrogens is 373 g/mol. The third-order valence-electron chi connectivity index (χ3n) is 3.93. The molecule has 1 aromatic heterocycles. The quantitative estimate of drug-likeness (QED) is 0.538. The monoisotopic (exact) mass is 391 g/mol. The van der Waals surface area contributed by atoms with Crippen LogP contribution in [0.4, 0.5) is 0 Å². The molecule has 0 saturated heterocycles. The van der Waals surface area contributed by atoms with Crippen LogP contribution >= 0.6 is 11.3 Å². The predicted octanol–water partition coefficient (Wildman–Crippen LogP) is 0.181. The molecular formula is C20H18NNaO4S. The van der Waals surface area contributed by atoms with E-state index in [1.807, 2.05) is 48.5 Å². The summed E-state index contributed by atoms with van der Waals surface area (Å²) >= 11 is 1.50. The summed E-state index contributed by atoms with van der Waals surface area (Å²) < 4.78 is 10.4. The summed E-state index contributed by atoms with van der Waals surface area (Å²) in [6.07, 6.45) is 0.309. The largest absolute Gasteiger partial charge is 1.00 e. The molecule has 3 rings (SSSR count). The first-order valence-electron chi connectivity index (χ1n) is 8.09. The SMILES string of the molecule is COc1ccc(-c2nc(CCC(=O)[O-])sc2-c2ccc(OC)cc2)cc1.[Na+]. The van der Waals surface area contributed by atoms with Gasteiger partial charge in [-0.1, -0.05) is 0 Å². The molecule has 0 amide bonds. The number of carboxylic acid groups (broad SMARTS) is 1. The average Bonchev–Trinajstić information content (AvgIpc) is 3.11. The van der Waals surface area contributed by atoms with E-state index >= 15 is 0 Å². The van der Waals surface area contributed by atoms with Gasteiger partial charge >= 0.3 is 29.6 Å². The van der Waals surface area contributed by atoms with Gasteiger partial charge in [0.25, 0.3) is 0 Å². The van der Waals surface area contributed by atoms with Crippen molar-refractivity contribution >= 4 is 17.3 Å². The summed E-state index contributed by atoms with van der Waals surface area (Å²) in [7, 11) is 3.25. The van der Waals surface area contributed by atoms with Gasteiger partial charge in [0.05, 0.1) is 29.8 Å². The zero-order valence-corrected chi connectivity index (χ0v) is 18.3. The number of ether oxygens (including phenoxy) is 2. The Balaban J connectivity index is 0.00000261. The molecule has 27 heavy (non-hydrogen) atoms. The van der Waals surface area contributed by atoms with E-state index in [9.17, 15) is 9.90 Å². The zero-order chi connectivity index (χ0) is 18.5. The fraction of sp³-hybridized carbons (Fsp3) is 0.200. The van der Waals surface area contributed by atoms with Gasteiger partial charge in [0.1, 0.15) is 11.5 Å². The predicted molar refractivity (Wildman–Crippen MR) is 99.4 cm³/mol. The van der Waals surface area contributed by atoms with Crippen LogP contribution in [0.15, 0.2) is 48.5 Å². The first kappa shape index (κ1) is 21.4. The molecule has 5 nitrogen and oxygen atoms in total. The molecule has 134 valence electrons. The van der Waals surface area contributed by atoms with Crippen molar-refractivity contribution in [2.45, 2.75) is 12.8 Å². The Bertz CT molecular complexity index is 826.